The number of amides is 2. The molecule has 3 heterocycles. The number of anilines is 3. The Morgan fingerprint density at radius 3 is 2.55 bits per heavy atom. The molecule has 1 aromatic carbocycles. The average molecular weight is 618 g/mol. The number of carbonyl (C=O) groups is 1. The molecule has 0 saturated heterocycles. The molecule has 2 aliphatic rings. The number of ether oxygens (including phenoxy) is 3. The van der Waals surface area contributed by atoms with Gasteiger partial charge in [-0.25, -0.2) is 14.8 Å². The molecule has 2 amide bonds. The van der Waals surface area contributed by atoms with E-state index in [9.17, 15) is 4.79 Å². The van der Waals surface area contributed by atoms with E-state index in [4.69, 9.17) is 42.4 Å². The van der Waals surface area contributed by atoms with Crippen LogP contribution in [0.5, 0.6) is 11.5 Å². The second-order valence-corrected chi connectivity index (χ2v) is 10.7. The summed E-state index contributed by atoms with van der Waals surface area (Å²) in [6, 6.07) is 1.48. The largest absolute Gasteiger partial charge is 0.495 e. The lowest BCUT2D eigenvalue weighted by atomic mass is 9.90. The van der Waals surface area contributed by atoms with E-state index < -0.39 is 0 Å². The van der Waals surface area contributed by atoms with E-state index in [0.29, 0.717) is 47.9 Å². The van der Waals surface area contributed by atoms with E-state index in [1.165, 1.54) is 19.1 Å². The number of fused-ring (bicyclic) bond motifs is 1. The van der Waals surface area contributed by atoms with Crippen molar-refractivity contribution in [3.63, 3.8) is 0 Å². The number of hydrogen-bond acceptors (Lipinski definition) is 9. The van der Waals surface area contributed by atoms with Crippen molar-refractivity contribution in [2.75, 3.05) is 42.7 Å². The Labute approximate surface area is 254 Å². The first-order valence-electron chi connectivity index (χ1n) is 13.7. The zero-order chi connectivity index (χ0) is 29.6. The van der Waals surface area contributed by atoms with Gasteiger partial charge in [0.05, 0.1) is 58.4 Å². The van der Waals surface area contributed by atoms with Gasteiger partial charge in [0.2, 0.25) is 5.95 Å². The fourth-order valence-corrected chi connectivity index (χ4v) is 5.98. The van der Waals surface area contributed by atoms with E-state index >= 15 is 0 Å². The Bertz CT molecular complexity index is 1380. The summed E-state index contributed by atoms with van der Waals surface area (Å²) in [6.07, 6.45) is 10.9. The predicted octanol–water partition coefficient (Wildman–Crippen LogP) is 5.14. The van der Waals surface area contributed by atoms with Crippen LogP contribution in [-0.2, 0) is 17.8 Å². The number of methoxy groups -OCH3 is 2. The molecule has 1 saturated carbocycles. The maximum Gasteiger partial charge on any atom is 0.330 e. The fourth-order valence-electron chi connectivity index (χ4n) is 5.28. The number of urea groups is 1. The molecule has 14 heteroatoms. The highest BCUT2D eigenvalue weighted by molar-refractivity contribution is 6.42. The number of imidazole rings is 1. The molecule has 12 nitrogen and oxygen atoms in total. The van der Waals surface area contributed by atoms with Gasteiger partial charge in [0.15, 0.2) is 0 Å². The fraction of sp³-hybridized carbons (Fsp3) is 0.429. The van der Waals surface area contributed by atoms with Crippen LogP contribution >= 0.6 is 23.2 Å². The number of H-pyrrole nitrogens is 1. The highest BCUT2D eigenvalue weighted by Crippen LogP contribution is 2.48. The van der Waals surface area contributed by atoms with Crippen LogP contribution < -0.4 is 29.9 Å². The lowest BCUT2D eigenvalue weighted by molar-refractivity contribution is 0.123. The number of rotatable bonds is 12. The molecule has 1 fully saturated rings. The summed E-state index contributed by atoms with van der Waals surface area (Å²) in [6.45, 7) is 4.90. The first-order chi connectivity index (χ1) is 20.4. The molecule has 3 aromatic rings. The topological polar surface area (TPSA) is 130 Å². The minimum Gasteiger partial charge on any atom is -0.495 e. The molecule has 42 heavy (non-hydrogen) atoms. The molecule has 0 unspecified atom stereocenters. The first-order valence-corrected chi connectivity index (χ1v) is 14.4. The van der Waals surface area contributed by atoms with Crippen molar-refractivity contribution < 1.29 is 19.0 Å². The van der Waals surface area contributed by atoms with Crippen LogP contribution in [0.3, 0.4) is 0 Å². The molecule has 2 atom stereocenters. The maximum atomic E-state index is 14.1. The van der Waals surface area contributed by atoms with Crippen LogP contribution in [0.25, 0.3) is 0 Å². The van der Waals surface area contributed by atoms with Gasteiger partial charge in [-0.05, 0) is 12.8 Å². The van der Waals surface area contributed by atoms with Crippen LogP contribution in [0.4, 0.5) is 22.2 Å². The molecule has 5 rings (SSSR count). The summed E-state index contributed by atoms with van der Waals surface area (Å²) in [5.41, 5.74) is 1.63. The highest BCUT2D eigenvalue weighted by atomic mass is 35.5. The molecule has 1 aliphatic heterocycles. The number of aromatic amines is 1. The Morgan fingerprint density at radius 2 is 1.88 bits per heavy atom. The molecule has 3 N–H and O–H groups in total. The SMILES string of the molecule is C=CCOCN[C@H]1CCCC[C@H]1Nc1ncc2c(n1)N(Cc1c[nH]cn1)C(=O)N(c1c(Cl)c(OC)cc(OC)c1Cl)C2. The van der Waals surface area contributed by atoms with Gasteiger partial charge >= 0.3 is 6.03 Å². The van der Waals surface area contributed by atoms with Crippen molar-refractivity contribution in [2.45, 2.75) is 50.9 Å². The van der Waals surface area contributed by atoms with Gasteiger partial charge in [0.25, 0.3) is 0 Å². The third-order valence-corrected chi connectivity index (χ3v) is 8.08. The van der Waals surface area contributed by atoms with Crippen LogP contribution in [0, 0.1) is 0 Å². The Balaban J connectivity index is 1.47. The summed E-state index contributed by atoms with van der Waals surface area (Å²) < 4.78 is 16.4. The summed E-state index contributed by atoms with van der Waals surface area (Å²) in [5.74, 6) is 1.57. The monoisotopic (exact) mass is 616 g/mol. The number of halogens is 2. The van der Waals surface area contributed by atoms with Crippen molar-refractivity contribution in [3.05, 3.63) is 58.7 Å². The van der Waals surface area contributed by atoms with E-state index in [1.807, 2.05) is 0 Å². The highest BCUT2D eigenvalue weighted by Gasteiger charge is 2.37. The van der Waals surface area contributed by atoms with Crippen molar-refractivity contribution >= 4 is 46.7 Å². The average Bonchev–Trinajstić information content (AvgIpc) is 3.52. The van der Waals surface area contributed by atoms with Crippen LogP contribution in [0.1, 0.15) is 36.9 Å². The van der Waals surface area contributed by atoms with E-state index in [0.717, 1.165) is 25.7 Å². The van der Waals surface area contributed by atoms with E-state index in [1.54, 1.807) is 35.8 Å². The summed E-state index contributed by atoms with van der Waals surface area (Å²) in [7, 11) is 2.97. The summed E-state index contributed by atoms with van der Waals surface area (Å²) >= 11 is 13.4. The molecule has 0 bridgehead atoms. The first kappa shape index (κ1) is 29.9. The lowest BCUT2D eigenvalue weighted by Crippen LogP contribution is -2.48. The minimum atomic E-state index is -0.383. The van der Waals surface area contributed by atoms with Gasteiger partial charge in [-0.2, -0.15) is 4.98 Å². The lowest BCUT2D eigenvalue weighted by Gasteiger charge is -2.37. The zero-order valence-electron chi connectivity index (χ0n) is 23.5. The maximum absolute atomic E-state index is 14.1. The molecular weight excluding hydrogens is 583 g/mol. The molecule has 1 aliphatic carbocycles. The van der Waals surface area contributed by atoms with Crippen molar-refractivity contribution in [2.24, 2.45) is 0 Å². The van der Waals surface area contributed by atoms with Gasteiger partial charge in [-0.1, -0.05) is 42.1 Å². The Kier molecular flexibility index (Phi) is 9.68. The molecule has 0 spiro atoms. The predicted molar refractivity (Wildman–Crippen MR) is 162 cm³/mol. The quantitative estimate of drug-likeness (QED) is 0.144. The number of nitrogens with one attached hydrogen (secondary N) is 3. The number of benzene rings is 1. The van der Waals surface area contributed by atoms with Crippen LogP contribution in [0.2, 0.25) is 10.0 Å². The Morgan fingerprint density at radius 1 is 1.14 bits per heavy atom. The van der Waals surface area contributed by atoms with Gasteiger partial charge < -0.3 is 24.5 Å². The third-order valence-electron chi connectivity index (χ3n) is 7.35. The van der Waals surface area contributed by atoms with Gasteiger partial charge in [0.1, 0.15) is 27.4 Å². The van der Waals surface area contributed by atoms with Gasteiger partial charge in [-0.3, -0.25) is 15.1 Å². The van der Waals surface area contributed by atoms with E-state index in [2.05, 4.69) is 32.2 Å². The second-order valence-electron chi connectivity index (χ2n) is 9.97. The minimum absolute atomic E-state index is 0.0987. The van der Waals surface area contributed by atoms with Gasteiger partial charge in [-0.15, -0.1) is 6.58 Å². The number of aromatic nitrogens is 4. The standard InChI is InChI=1S/C28H34Cl2N8O4/c1-4-9-42-16-34-19-7-5-6-8-20(19)35-27-32-11-17-13-37(25-23(29)21(40-2)10-22(41-3)24(25)30)28(39)38(26(17)36-27)14-18-12-31-15-33-18/h4,10-12,15,19-20,34H,1,5-9,13-14,16H2,2-3H3,(H,31,33)(H,32,35,36)/t19-,20+/m0/s1. The summed E-state index contributed by atoms with van der Waals surface area (Å²) in [5, 5.41) is 7.34. The van der Waals surface area contributed by atoms with Crippen molar-refractivity contribution in [1.29, 1.82) is 0 Å². The molecule has 0 radical (unpaired) electrons. The second kappa shape index (κ2) is 13.6. The smallest absolute Gasteiger partial charge is 0.330 e. The number of nitrogens with zero attached hydrogens (tertiary/aromatic N) is 5. The summed E-state index contributed by atoms with van der Waals surface area (Å²) in [4.78, 5) is 33.9. The van der Waals surface area contributed by atoms with E-state index in [-0.39, 0.29) is 46.9 Å². The normalized spacial score (nSPS) is 18.5. The molecule has 224 valence electrons. The number of carbonyl (C=O) groups excluding carboxylic acids is 1. The van der Waals surface area contributed by atoms with Gasteiger partial charge in [0, 0.05) is 36.1 Å². The molecule has 2 aromatic heterocycles. The van der Waals surface area contributed by atoms with Crippen LogP contribution in [-0.4, -0.2) is 65.6 Å². The Hall–Kier alpha value is -3.58. The third kappa shape index (κ3) is 6.26. The number of hydrogen-bond donors (Lipinski definition) is 3. The molecular formula is C28H34Cl2N8O4. The van der Waals surface area contributed by atoms with Crippen molar-refractivity contribution in [3.8, 4) is 11.5 Å². The van der Waals surface area contributed by atoms with Crippen molar-refractivity contribution in [1.82, 2.24) is 25.3 Å². The van der Waals surface area contributed by atoms with Crippen LogP contribution in [0.15, 0.2) is 37.4 Å². The zero-order valence-corrected chi connectivity index (χ0v) is 25.0.